The number of hydrogen-bond donors (Lipinski definition) is 1. The fraction of sp³-hybridized carbons (Fsp3) is 0.385. The van der Waals surface area contributed by atoms with Gasteiger partial charge in [-0.15, -0.1) is 0 Å². The van der Waals surface area contributed by atoms with Crippen molar-refractivity contribution < 1.29 is 9.26 Å². The zero-order chi connectivity index (χ0) is 13.2. The Hall–Kier alpha value is -1.88. The van der Waals surface area contributed by atoms with E-state index in [9.17, 15) is 0 Å². The quantitative estimate of drug-likeness (QED) is 0.896. The summed E-state index contributed by atoms with van der Waals surface area (Å²) in [5, 5.41) is 3.83. The van der Waals surface area contributed by atoms with Crippen LogP contribution in [0.15, 0.2) is 28.8 Å². The zero-order valence-corrected chi connectivity index (χ0v) is 10.8. The number of benzene rings is 1. The number of ether oxygens (including phenoxy) is 1. The number of nitrogens with zero attached hydrogens (tertiary/aromatic N) is 2. The number of aryl methyl sites for hydroxylation is 1. The Morgan fingerprint density at radius 2 is 2.06 bits per heavy atom. The molecular formula is C13H17N3O2. The Balaban J connectivity index is 2.03. The van der Waals surface area contributed by atoms with Gasteiger partial charge in [0.25, 0.3) is 5.89 Å². The van der Waals surface area contributed by atoms with E-state index in [0.29, 0.717) is 11.7 Å². The standard InChI is InChI=1S/C13H17N3O2/c1-9-6-4-5-7-10(9)17-8-11-15-12(16-18-11)13(2,3)14/h4-7H,8,14H2,1-3H3. The van der Waals surface area contributed by atoms with Crippen LogP contribution >= 0.6 is 0 Å². The minimum Gasteiger partial charge on any atom is -0.483 e. The van der Waals surface area contributed by atoms with Crippen LogP contribution in [0.25, 0.3) is 0 Å². The van der Waals surface area contributed by atoms with Crippen molar-refractivity contribution in [3.05, 3.63) is 41.5 Å². The van der Waals surface area contributed by atoms with Gasteiger partial charge >= 0.3 is 0 Å². The third-order valence-electron chi connectivity index (χ3n) is 2.49. The molecule has 0 aliphatic heterocycles. The van der Waals surface area contributed by atoms with Crippen molar-refractivity contribution in [1.29, 1.82) is 0 Å². The largest absolute Gasteiger partial charge is 0.483 e. The van der Waals surface area contributed by atoms with Crippen molar-refractivity contribution in [3.8, 4) is 5.75 Å². The molecule has 0 atom stereocenters. The van der Waals surface area contributed by atoms with Crippen LogP contribution < -0.4 is 10.5 Å². The van der Waals surface area contributed by atoms with Crippen LogP contribution in [-0.2, 0) is 12.1 Å². The predicted molar refractivity (Wildman–Crippen MR) is 67.0 cm³/mol. The molecule has 2 aromatic rings. The first kappa shape index (κ1) is 12.6. The van der Waals surface area contributed by atoms with E-state index in [1.165, 1.54) is 0 Å². The lowest BCUT2D eigenvalue weighted by atomic mass is 10.1. The highest BCUT2D eigenvalue weighted by Gasteiger charge is 2.21. The van der Waals surface area contributed by atoms with Gasteiger partial charge in [0.15, 0.2) is 12.4 Å². The zero-order valence-electron chi connectivity index (χ0n) is 10.8. The molecule has 0 aliphatic rings. The van der Waals surface area contributed by atoms with E-state index in [0.717, 1.165) is 11.3 Å². The van der Waals surface area contributed by atoms with Crippen molar-refractivity contribution in [2.45, 2.75) is 32.9 Å². The van der Waals surface area contributed by atoms with E-state index < -0.39 is 5.54 Å². The Bertz CT molecular complexity index is 529. The lowest BCUT2D eigenvalue weighted by molar-refractivity contribution is 0.240. The number of rotatable bonds is 4. The molecule has 0 unspecified atom stereocenters. The van der Waals surface area contributed by atoms with Crippen LogP contribution in [0.5, 0.6) is 5.75 Å². The summed E-state index contributed by atoms with van der Waals surface area (Å²) in [6.45, 7) is 5.87. The lowest BCUT2D eigenvalue weighted by Crippen LogP contribution is -2.30. The van der Waals surface area contributed by atoms with Crippen molar-refractivity contribution in [2.24, 2.45) is 5.73 Å². The van der Waals surface area contributed by atoms with Crippen LogP contribution in [0, 0.1) is 6.92 Å². The summed E-state index contributed by atoms with van der Waals surface area (Å²) in [5.41, 5.74) is 6.34. The Kier molecular flexibility index (Phi) is 3.34. The maximum atomic E-state index is 5.88. The predicted octanol–water partition coefficient (Wildman–Crippen LogP) is 2.15. The summed E-state index contributed by atoms with van der Waals surface area (Å²) < 4.78 is 10.7. The van der Waals surface area contributed by atoms with Gasteiger partial charge in [0.1, 0.15) is 5.75 Å². The second-order valence-electron chi connectivity index (χ2n) is 4.79. The highest BCUT2D eigenvalue weighted by Crippen LogP contribution is 2.18. The van der Waals surface area contributed by atoms with Gasteiger partial charge in [-0.1, -0.05) is 23.4 Å². The minimum atomic E-state index is -0.607. The Morgan fingerprint density at radius 3 is 2.67 bits per heavy atom. The molecule has 18 heavy (non-hydrogen) atoms. The fourth-order valence-corrected chi connectivity index (χ4v) is 1.43. The second-order valence-corrected chi connectivity index (χ2v) is 4.79. The summed E-state index contributed by atoms with van der Waals surface area (Å²) in [7, 11) is 0. The highest BCUT2D eigenvalue weighted by molar-refractivity contribution is 5.31. The molecule has 0 saturated carbocycles. The van der Waals surface area contributed by atoms with Crippen molar-refractivity contribution in [3.63, 3.8) is 0 Å². The summed E-state index contributed by atoms with van der Waals surface area (Å²) in [6.07, 6.45) is 0. The molecule has 2 N–H and O–H groups in total. The van der Waals surface area contributed by atoms with Gasteiger partial charge in [-0.2, -0.15) is 4.98 Å². The van der Waals surface area contributed by atoms with Crippen molar-refractivity contribution >= 4 is 0 Å². The number of nitrogens with two attached hydrogens (primary N) is 1. The maximum Gasteiger partial charge on any atom is 0.264 e. The topological polar surface area (TPSA) is 74.2 Å². The first-order valence-electron chi connectivity index (χ1n) is 5.77. The molecule has 5 nitrogen and oxygen atoms in total. The first-order valence-corrected chi connectivity index (χ1v) is 5.77. The van der Waals surface area contributed by atoms with Crippen molar-refractivity contribution in [2.75, 3.05) is 0 Å². The molecule has 5 heteroatoms. The third-order valence-corrected chi connectivity index (χ3v) is 2.49. The van der Waals surface area contributed by atoms with Crippen molar-refractivity contribution in [1.82, 2.24) is 10.1 Å². The van der Waals surface area contributed by atoms with E-state index in [-0.39, 0.29) is 6.61 Å². The van der Waals surface area contributed by atoms with Gasteiger partial charge in [-0.25, -0.2) is 0 Å². The van der Waals surface area contributed by atoms with Crippen LogP contribution in [0.2, 0.25) is 0 Å². The van der Waals surface area contributed by atoms with Gasteiger partial charge in [-0.3, -0.25) is 0 Å². The fourth-order valence-electron chi connectivity index (χ4n) is 1.43. The van der Waals surface area contributed by atoms with Crippen LogP contribution in [0.1, 0.15) is 31.1 Å². The number of para-hydroxylation sites is 1. The van der Waals surface area contributed by atoms with E-state index in [4.69, 9.17) is 15.0 Å². The molecule has 0 saturated heterocycles. The lowest BCUT2D eigenvalue weighted by Gasteiger charge is -2.11. The maximum absolute atomic E-state index is 5.88. The molecule has 1 heterocycles. The highest BCUT2D eigenvalue weighted by atomic mass is 16.5. The van der Waals surface area contributed by atoms with Crippen LogP contribution in [0.3, 0.4) is 0 Å². The average Bonchev–Trinajstić information content (AvgIpc) is 2.76. The Labute approximate surface area is 106 Å². The molecule has 0 amide bonds. The molecule has 0 aliphatic carbocycles. The van der Waals surface area contributed by atoms with E-state index in [2.05, 4.69) is 10.1 Å². The normalized spacial score (nSPS) is 11.6. The SMILES string of the molecule is Cc1ccccc1OCc1nc(C(C)(C)N)no1. The van der Waals surface area contributed by atoms with E-state index >= 15 is 0 Å². The summed E-state index contributed by atoms with van der Waals surface area (Å²) in [4.78, 5) is 4.20. The molecule has 1 aromatic heterocycles. The smallest absolute Gasteiger partial charge is 0.264 e. The Morgan fingerprint density at radius 1 is 1.33 bits per heavy atom. The molecule has 0 spiro atoms. The van der Waals surface area contributed by atoms with Gasteiger partial charge in [0.2, 0.25) is 0 Å². The van der Waals surface area contributed by atoms with Crippen LogP contribution in [-0.4, -0.2) is 10.1 Å². The van der Waals surface area contributed by atoms with Gasteiger partial charge in [-0.05, 0) is 32.4 Å². The number of hydrogen-bond acceptors (Lipinski definition) is 5. The summed E-state index contributed by atoms with van der Waals surface area (Å²) in [5.74, 6) is 1.71. The molecule has 96 valence electrons. The first-order chi connectivity index (χ1) is 8.47. The van der Waals surface area contributed by atoms with Gasteiger partial charge < -0.3 is 15.0 Å². The van der Waals surface area contributed by atoms with Crippen LogP contribution in [0.4, 0.5) is 0 Å². The average molecular weight is 247 g/mol. The molecular weight excluding hydrogens is 230 g/mol. The summed E-state index contributed by atoms with van der Waals surface area (Å²) in [6, 6.07) is 7.77. The van der Waals surface area contributed by atoms with E-state index in [1.54, 1.807) is 0 Å². The monoisotopic (exact) mass is 247 g/mol. The van der Waals surface area contributed by atoms with Gasteiger partial charge in [0, 0.05) is 0 Å². The third kappa shape index (κ3) is 2.87. The molecule has 1 aromatic carbocycles. The minimum absolute atomic E-state index is 0.244. The van der Waals surface area contributed by atoms with Gasteiger partial charge in [0.05, 0.1) is 5.54 Å². The molecule has 0 fully saturated rings. The molecule has 0 bridgehead atoms. The molecule has 0 radical (unpaired) electrons. The number of aromatic nitrogens is 2. The second kappa shape index (κ2) is 4.78. The van der Waals surface area contributed by atoms with E-state index in [1.807, 2.05) is 45.0 Å². The summed E-state index contributed by atoms with van der Waals surface area (Å²) >= 11 is 0. The molecule has 2 rings (SSSR count).